The fraction of sp³-hybridized carbons (Fsp3) is 0.550. The minimum absolute atomic E-state index is 0.215. The Morgan fingerprint density at radius 3 is 2.67 bits per heavy atom. The van der Waals surface area contributed by atoms with Crippen LogP contribution in [0.5, 0.6) is 5.75 Å². The largest absolute Gasteiger partial charge is 0.494 e. The quantitative estimate of drug-likeness (QED) is 0.782. The highest BCUT2D eigenvalue weighted by atomic mass is 16.5. The Hall–Kier alpha value is -2.41. The molecule has 0 saturated carbocycles. The van der Waals surface area contributed by atoms with E-state index >= 15 is 0 Å². The summed E-state index contributed by atoms with van der Waals surface area (Å²) in [7, 11) is 0. The molecule has 0 unspecified atom stereocenters. The number of carbonyl (C=O) groups is 1. The Kier molecular flexibility index (Phi) is 5.38. The third kappa shape index (κ3) is 4.13. The van der Waals surface area contributed by atoms with Crippen molar-refractivity contribution >= 4 is 5.91 Å². The van der Waals surface area contributed by atoms with E-state index < -0.39 is 0 Å². The second kappa shape index (κ2) is 8.08. The molecule has 0 aliphatic carbocycles. The van der Waals surface area contributed by atoms with Gasteiger partial charge in [-0.3, -0.25) is 4.79 Å². The van der Waals surface area contributed by atoms with E-state index in [4.69, 9.17) is 9.47 Å². The molecule has 7 nitrogen and oxygen atoms in total. The smallest absolute Gasteiger partial charge is 0.222 e. The van der Waals surface area contributed by atoms with Crippen LogP contribution in [-0.2, 0) is 9.53 Å². The molecule has 4 rings (SSSR count). The van der Waals surface area contributed by atoms with Crippen molar-refractivity contribution in [1.29, 1.82) is 0 Å². The fourth-order valence-electron chi connectivity index (χ4n) is 3.63. The van der Waals surface area contributed by atoms with Gasteiger partial charge in [-0.15, -0.1) is 5.10 Å². The van der Waals surface area contributed by atoms with Crippen LogP contribution in [0, 0.1) is 5.92 Å². The van der Waals surface area contributed by atoms with Crippen molar-refractivity contribution < 1.29 is 14.3 Å². The number of hydrogen-bond acceptors (Lipinski definition) is 5. The lowest BCUT2D eigenvalue weighted by Crippen LogP contribution is -2.51. The molecule has 2 fully saturated rings. The van der Waals surface area contributed by atoms with E-state index in [-0.39, 0.29) is 11.9 Å². The second-order valence-electron chi connectivity index (χ2n) is 7.25. The molecule has 7 heteroatoms. The van der Waals surface area contributed by atoms with Crippen LogP contribution < -0.4 is 4.74 Å². The maximum Gasteiger partial charge on any atom is 0.222 e. The summed E-state index contributed by atoms with van der Waals surface area (Å²) >= 11 is 0. The molecule has 2 aromatic rings. The summed E-state index contributed by atoms with van der Waals surface area (Å²) in [6.45, 7) is 5.63. The molecule has 3 heterocycles. The molecule has 0 atom stereocenters. The molecule has 2 saturated heterocycles. The average molecular weight is 370 g/mol. The number of ether oxygens (including phenoxy) is 2. The number of amides is 1. The lowest BCUT2D eigenvalue weighted by atomic mass is 9.95. The molecule has 0 N–H and O–H groups in total. The van der Waals surface area contributed by atoms with Crippen LogP contribution >= 0.6 is 0 Å². The summed E-state index contributed by atoms with van der Waals surface area (Å²) < 4.78 is 12.7. The molecule has 1 amide bonds. The maximum atomic E-state index is 12.4. The summed E-state index contributed by atoms with van der Waals surface area (Å²) in [5, 5.41) is 8.55. The Balaban J connectivity index is 1.30. The molecule has 1 aromatic heterocycles. The summed E-state index contributed by atoms with van der Waals surface area (Å²) in [6, 6.07) is 8.08. The highest BCUT2D eigenvalue weighted by molar-refractivity contribution is 5.77. The van der Waals surface area contributed by atoms with Crippen LogP contribution in [0.4, 0.5) is 0 Å². The van der Waals surface area contributed by atoms with E-state index in [1.54, 1.807) is 0 Å². The molecule has 0 radical (unpaired) electrons. The Labute approximate surface area is 159 Å². The van der Waals surface area contributed by atoms with Crippen molar-refractivity contribution in [2.75, 3.05) is 32.9 Å². The van der Waals surface area contributed by atoms with E-state index in [1.165, 1.54) is 0 Å². The van der Waals surface area contributed by atoms with E-state index in [0.717, 1.165) is 43.1 Å². The number of hydrogen-bond donors (Lipinski definition) is 0. The van der Waals surface area contributed by atoms with E-state index in [2.05, 4.69) is 10.3 Å². The predicted octanol–water partition coefficient (Wildman–Crippen LogP) is 2.54. The molecule has 144 valence electrons. The molecular weight excluding hydrogens is 344 g/mol. The molecule has 27 heavy (non-hydrogen) atoms. The first kappa shape index (κ1) is 18.0. The monoisotopic (exact) mass is 370 g/mol. The Morgan fingerprint density at radius 2 is 1.96 bits per heavy atom. The number of nitrogens with zero attached hydrogens (tertiary/aromatic N) is 4. The topological polar surface area (TPSA) is 69.5 Å². The molecule has 0 bridgehead atoms. The van der Waals surface area contributed by atoms with Gasteiger partial charge in [0.25, 0.3) is 0 Å². The highest BCUT2D eigenvalue weighted by Crippen LogP contribution is 2.27. The van der Waals surface area contributed by atoms with Crippen LogP contribution in [0.1, 0.15) is 32.2 Å². The van der Waals surface area contributed by atoms with Gasteiger partial charge in [-0.25, -0.2) is 4.68 Å². The summed E-state index contributed by atoms with van der Waals surface area (Å²) in [5.74, 6) is 1.58. The first-order valence-corrected chi connectivity index (χ1v) is 9.73. The van der Waals surface area contributed by atoms with Gasteiger partial charge in [-0.1, -0.05) is 5.21 Å². The number of likely N-dealkylation sites (tertiary alicyclic amines) is 1. The maximum absolute atomic E-state index is 12.4. The summed E-state index contributed by atoms with van der Waals surface area (Å²) in [5.41, 5.74) is 1.85. The predicted molar refractivity (Wildman–Crippen MR) is 100 cm³/mol. The SMILES string of the molecule is CCOc1ccc(-c2cn(C3CN(C(=O)CC4CCOCC4)C3)nn2)cc1. The summed E-state index contributed by atoms with van der Waals surface area (Å²) in [4.78, 5) is 14.3. The van der Waals surface area contributed by atoms with Crippen molar-refractivity contribution in [2.24, 2.45) is 5.92 Å². The van der Waals surface area contributed by atoms with Crippen LogP contribution in [0.25, 0.3) is 11.3 Å². The lowest BCUT2D eigenvalue weighted by Gasteiger charge is -2.39. The van der Waals surface area contributed by atoms with Gasteiger partial charge in [0.1, 0.15) is 11.4 Å². The zero-order valence-corrected chi connectivity index (χ0v) is 15.7. The van der Waals surface area contributed by atoms with Gasteiger partial charge in [-0.2, -0.15) is 0 Å². The van der Waals surface area contributed by atoms with Crippen LogP contribution in [-0.4, -0.2) is 58.7 Å². The number of rotatable bonds is 6. The van der Waals surface area contributed by atoms with Gasteiger partial charge >= 0.3 is 0 Å². The van der Waals surface area contributed by atoms with Crippen molar-refractivity contribution in [3.05, 3.63) is 30.5 Å². The highest BCUT2D eigenvalue weighted by Gasteiger charge is 2.33. The van der Waals surface area contributed by atoms with Crippen molar-refractivity contribution in [1.82, 2.24) is 19.9 Å². The van der Waals surface area contributed by atoms with Gasteiger partial charge in [0, 0.05) is 38.3 Å². The third-order valence-electron chi connectivity index (χ3n) is 5.36. The number of aromatic nitrogens is 3. The van der Waals surface area contributed by atoms with Gasteiger partial charge in [0.15, 0.2) is 0 Å². The minimum Gasteiger partial charge on any atom is -0.494 e. The zero-order valence-electron chi connectivity index (χ0n) is 15.7. The van der Waals surface area contributed by atoms with Gasteiger partial charge in [-0.05, 0) is 49.9 Å². The Morgan fingerprint density at radius 1 is 1.22 bits per heavy atom. The van der Waals surface area contributed by atoms with Crippen LogP contribution in [0.15, 0.2) is 30.5 Å². The van der Waals surface area contributed by atoms with E-state index in [1.807, 2.05) is 47.0 Å². The molecule has 0 spiro atoms. The van der Waals surface area contributed by atoms with Crippen LogP contribution in [0.3, 0.4) is 0 Å². The summed E-state index contributed by atoms with van der Waals surface area (Å²) in [6.07, 6.45) is 4.60. The van der Waals surface area contributed by atoms with Crippen molar-refractivity contribution in [3.63, 3.8) is 0 Å². The Bertz CT molecular complexity index is 762. The first-order chi connectivity index (χ1) is 13.2. The van der Waals surface area contributed by atoms with E-state index in [9.17, 15) is 4.79 Å². The molecule has 2 aliphatic heterocycles. The number of benzene rings is 1. The van der Waals surface area contributed by atoms with Crippen molar-refractivity contribution in [3.8, 4) is 17.0 Å². The van der Waals surface area contributed by atoms with Gasteiger partial charge in [0.2, 0.25) is 5.91 Å². The minimum atomic E-state index is 0.215. The molecule has 2 aliphatic rings. The zero-order chi connectivity index (χ0) is 18.6. The number of carbonyl (C=O) groups excluding carboxylic acids is 1. The normalized spacial score (nSPS) is 18.3. The first-order valence-electron chi connectivity index (χ1n) is 9.73. The second-order valence-corrected chi connectivity index (χ2v) is 7.25. The fourth-order valence-corrected chi connectivity index (χ4v) is 3.63. The molecule has 1 aromatic carbocycles. The van der Waals surface area contributed by atoms with Crippen molar-refractivity contribution in [2.45, 2.75) is 32.2 Å². The average Bonchev–Trinajstić information content (AvgIpc) is 3.12. The van der Waals surface area contributed by atoms with E-state index in [0.29, 0.717) is 32.0 Å². The standard InChI is InChI=1S/C20H26N4O3/c1-2-27-18-5-3-16(4-6-18)19-14-24(22-21-19)17-12-23(13-17)20(25)11-15-7-9-26-10-8-15/h3-6,14-15,17H,2,7-13H2,1H3. The van der Waals surface area contributed by atoms with Gasteiger partial charge < -0.3 is 14.4 Å². The lowest BCUT2D eigenvalue weighted by molar-refractivity contribution is -0.138. The third-order valence-corrected chi connectivity index (χ3v) is 5.36. The van der Waals surface area contributed by atoms with Crippen LogP contribution in [0.2, 0.25) is 0 Å². The van der Waals surface area contributed by atoms with Gasteiger partial charge in [0.05, 0.1) is 18.8 Å². The molecular formula is C20H26N4O3.